The minimum atomic E-state index is -4.42. The molecule has 1 saturated heterocycles. The van der Waals surface area contributed by atoms with Crippen molar-refractivity contribution >= 4 is 21.7 Å². The Labute approximate surface area is 117 Å². The quantitative estimate of drug-likeness (QED) is 0.889. The summed E-state index contributed by atoms with van der Waals surface area (Å²) >= 11 is 3.01. The molecular formula is C12H14BrF3N2O. The lowest BCUT2D eigenvalue weighted by molar-refractivity contribution is -0.137. The highest BCUT2D eigenvalue weighted by Gasteiger charge is 2.35. The molecule has 2 rings (SSSR count). The van der Waals surface area contributed by atoms with Gasteiger partial charge in [-0.15, -0.1) is 0 Å². The molecule has 1 N–H and O–H groups in total. The van der Waals surface area contributed by atoms with Crippen molar-refractivity contribution in [2.75, 3.05) is 11.9 Å². The van der Waals surface area contributed by atoms with Crippen molar-refractivity contribution in [1.82, 2.24) is 4.98 Å². The number of hydrogen-bond acceptors (Lipinski definition) is 3. The summed E-state index contributed by atoms with van der Waals surface area (Å²) in [5.74, 6) is -0.116. The van der Waals surface area contributed by atoms with Gasteiger partial charge in [-0.25, -0.2) is 4.98 Å². The molecular weight excluding hydrogens is 325 g/mol. The van der Waals surface area contributed by atoms with Gasteiger partial charge in [0.25, 0.3) is 0 Å². The Morgan fingerprint density at radius 1 is 1.47 bits per heavy atom. The Balaban J connectivity index is 2.20. The van der Waals surface area contributed by atoms with Crippen LogP contribution in [0.4, 0.5) is 19.0 Å². The fourth-order valence-corrected chi connectivity index (χ4v) is 2.42. The van der Waals surface area contributed by atoms with Gasteiger partial charge in [0.05, 0.1) is 11.7 Å². The molecule has 106 valence electrons. The lowest BCUT2D eigenvalue weighted by Crippen LogP contribution is -2.33. The molecule has 0 amide bonds. The average molecular weight is 339 g/mol. The SMILES string of the molecule is CC1CC(Nc2ncc(Br)cc2C(F)(F)F)CCO1. The number of hydrogen-bond donors (Lipinski definition) is 1. The monoisotopic (exact) mass is 338 g/mol. The number of halogens is 4. The third kappa shape index (κ3) is 3.82. The van der Waals surface area contributed by atoms with Crippen LogP contribution >= 0.6 is 15.9 Å². The average Bonchev–Trinajstić information content (AvgIpc) is 2.30. The maximum Gasteiger partial charge on any atom is 0.419 e. The first-order valence-electron chi connectivity index (χ1n) is 5.97. The van der Waals surface area contributed by atoms with Crippen molar-refractivity contribution in [2.24, 2.45) is 0 Å². The largest absolute Gasteiger partial charge is 0.419 e. The molecule has 7 heteroatoms. The van der Waals surface area contributed by atoms with Gasteiger partial charge in [0.1, 0.15) is 5.82 Å². The number of pyridine rings is 1. The summed E-state index contributed by atoms with van der Waals surface area (Å²) in [6.45, 7) is 2.46. The molecule has 0 aromatic carbocycles. The zero-order valence-electron chi connectivity index (χ0n) is 10.3. The van der Waals surface area contributed by atoms with Crippen LogP contribution in [-0.4, -0.2) is 23.7 Å². The number of nitrogens with zero attached hydrogens (tertiary/aromatic N) is 1. The predicted octanol–water partition coefficient (Wildman–Crippen LogP) is 3.84. The van der Waals surface area contributed by atoms with Gasteiger partial charge in [-0.3, -0.25) is 0 Å². The molecule has 0 bridgehead atoms. The Morgan fingerprint density at radius 3 is 2.84 bits per heavy atom. The van der Waals surface area contributed by atoms with Crippen LogP contribution in [0, 0.1) is 0 Å². The summed E-state index contributed by atoms with van der Waals surface area (Å²) in [6.07, 6.45) is -1.65. The van der Waals surface area contributed by atoms with Gasteiger partial charge in [-0.2, -0.15) is 13.2 Å². The lowest BCUT2D eigenvalue weighted by atomic mass is 10.0. The number of aromatic nitrogens is 1. The zero-order chi connectivity index (χ0) is 14.0. The molecule has 2 atom stereocenters. The van der Waals surface area contributed by atoms with E-state index in [1.165, 1.54) is 6.20 Å². The first kappa shape index (κ1) is 14.6. The van der Waals surface area contributed by atoms with E-state index in [4.69, 9.17) is 4.74 Å². The van der Waals surface area contributed by atoms with E-state index in [9.17, 15) is 13.2 Å². The van der Waals surface area contributed by atoms with Crippen LogP contribution in [0.5, 0.6) is 0 Å². The molecule has 1 aliphatic heterocycles. The van der Waals surface area contributed by atoms with Gasteiger partial charge in [0, 0.05) is 23.3 Å². The van der Waals surface area contributed by atoms with Gasteiger partial charge in [0.2, 0.25) is 0 Å². The Morgan fingerprint density at radius 2 is 2.21 bits per heavy atom. The van der Waals surface area contributed by atoms with Crippen molar-refractivity contribution in [1.29, 1.82) is 0 Å². The van der Waals surface area contributed by atoms with E-state index in [1.807, 2.05) is 6.92 Å². The van der Waals surface area contributed by atoms with Gasteiger partial charge < -0.3 is 10.1 Å². The van der Waals surface area contributed by atoms with Gasteiger partial charge in [0.15, 0.2) is 0 Å². The highest BCUT2D eigenvalue weighted by atomic mass is 79.9. The molecule has 1 aromatic rings. The van der Waals surface area contributed by atoms with E-state index in [1.54, 1.807) is 0 Å². The van der Waals surface area contributed by atoms with Crippen LogP contribution in [0.25, 0.3) is 0 Å². The number of nitrogens with one attached hydrogen (secondary N) is 1. The molecule has 0 saturated carbocycles. The summed E-state index contributed by atoms with van der Waals surface area (Å²) in [6, 6.07) is 0.997. The topological polar surface area (TPSA) is 34.2 Å². The fourth-order valence-electron chi connectivity index (χ4n) is 2.09. The third-order valence-electron chi connectivity index (χ3n) is 2.99. The first-order chi connectivity index (χ1) is 8.86. The van der Waals surface area contributed by atoms with E-state index in [0.717, 1.165) is 6.07 Å². The molecule has 2 heterocycles. The summed E-state index contributed by atoms with van der Waals surface area (Å²) in [4.78, 5) is 3.85. The molecule has 0 radical (unpaired) electrons. The molecule has 2 unspecified atom stereocenters. The standard InChI is InChI=1S/C12H14BrF3N2O/c1-7-4-9(2-3-19-7)18-11-10(12(14,15)16)5-8(13)6-17-11/h5-7,9H,2-4H2,1H3,(H,17,18). The molecule has 0 aliphatic carbocycles. The summed E-state index contributed by atoms with van der Waals surface area (Å²) in [5, 5.41) is 2.88. The molecule has 0 spiro atoms. The lowest BCUT2D eigenvalue weighted by Gasteiger charge is -2.29. The van der Waals surface area contributed by atoms with Crippen LogP contribution in [0.2, 0.25) is 0 Å². The number of anilines is 1. The van der Waals surface area contributed by atoms with E-state index >= 15 is 0 Å². The zero-order valence-corrected chi connectivity index (χ0v) is 11.9. The van der Waals surface area contributed by atoms with Crippen LogP contribution in [0.15, 0.2) is 16.7 Å². The second-order valence-corrected chi connectivity index (χ2v) is 5.51. The maximum atomic E-state index is 12.9. The minimum absolute atomic E-state index is 0.0430. The van der Waals surface area contributed by atoms with Crippen molar-refractivity contribution in [2.45, 2.75) is 38.1 Å². The van der Waals surface area contributed by atoms with Gasteiger partial charge >= 0.3 is 6.18 Å². The van der Waals surface area contributed by atoms with E-state index in [2.05, 4.69) is 26.2 Å². The number of alkyl halides is 3. The van der Waals surface area contributed by atoms with Crippen LogP contribution in [0.3, 0.4) is 0 Å². The fraction of sp³-hybridized carbons (Fsp3) is 0.583. The van der Waals surface area contributed by atoms with Crippen molar-refractivity contribution in [3.8, 4) is 0 Å². The minimum Gasteiger partial charge on any atom is -0.378 e. The smallest absolute Gasteiger partial charge is 0.378 e. The number of rotatable bonds is 2. The number of ether oxygens (including phenoxy) is 1. The highest BCUT2D eigenvalue weighted by Crippen LogP contribution is 2.36. The van der Waals surface area contributed by atoms with Crippen molar-refractivity contribution in [3.63, 3.8) is 0 Å². The normalized spacial score (nSPS) is 24.3. The van der Waals surface area contributed by atoms with Gasteiger partial charge in [-0.1, -0.05) is 0 Å². The summed E-state index contributed by atoms with van der Waals surface area (Å²) in [5.41, 5.74) is -0.749. The second kappa shape index (κ2) is 5.66. The van der Waals surface area contributed by atoms with E-state index in [0.29, 0.717) is 23.9 Å². The van der Waals surface area contributed by atoms with Crippen LogP contribution in [0.1, 0.15) is 25.3 Å². The maximum absolute atomic E-state index is 12.9. The van der Waals surface area contributed by atoms with Crippen LogP contribution < -0.4 is 5.32 Å². The molecule has 3 nitrogen and oxygen atoms in total. The molecule has 19 heavy (non-hydrogen) atoms. The summed E-state index contributed by atoms with van der Waals surface area (Å²) < 4.78 is 44.5. The second-order valence-electron chi connectivity index (χ2n) is 4.59. The molecule has 1 aliphatic rings. The van der Waals surface area contributed by atoms with Crippen LogP contribution in [-0.2, 0) is 10.9 Å². The third-order valence-corrected chi connectivity index (χ3v) is 3.42. The van der Waals surface area contributed by atoms with Crippen molar-refractivity contribution < 1.29 is 17.9 Å². The Kier molecular flexibility index (Phi) is 4.35. The van der Waals surface area contributed by atoms with E-state index < -0.39 is 11.7 Å². The highest BCUT2D eigenvalue weighted by molar-refractivity contribution is 9.10. The predicted molar refractivity (Wildman–Crippen MR) is 69.0 cm³/mol. The summed E-state index contributed by atoms with van der Waals surface area (Å²) in [7, 11) is 0. The van der Waals surface area contributed by atoms with Gasteiger partial charge in [-0.05, 0) is 41.8 Å². The molecule has 1 fully saturated rings. The van der Waals surface area contributed by atoms with Crippen molar-refractivity contribution in [3.05, 3.63) is 22.3 Å². The molecule has 1 aromatic heterocycles. The first-order valence-corrected chi connectivity index (χ1v) is 6.76. The van der Waals surface area contributed by atoms with E-state index in [-0.39, 0.29) is 18.0 Å². The Hall–Kier alpha value is -0.820. The Bertz CT molecular complexity index is 453.